The van der Waals surface area contributed by atoms with Crippen molar-refractivity contribution in [1.82, 2.24) is 10.6 Å². The molecule has 0 heterocycles. The molecule has 3 atom stereocenters. The van der Waals surface area contributed by atoms with E-state index in [4.69, 9.17) is 5.11 Å². The molecule has 0 radical (unpaired) electrons. The Bertz CT molecular complexity index is 258. The Morgan fingerprint density at radius 1 is 1.47 bits per heavy atom. The van der Waals surface area contributed by atoms with Crippen LogP contribution in [0.15, 0.2) is 0 Å². The second-order valence-corrected chi connectivity index (χ2v) is 6.33. The number of thioether (sulfide) groups is 1. The normalized spacial score (nSPS) is 24.8. The van der Waals surface area contributed by atoms with Gasteiger partial charge in [0.25, 0.3) is 0 Å². The van der Waals surface area contributed by atoms with Crippen molar-refractivity contribution in [3.8, 4) is 0 Å². The van der Waals surface area contributed by atoms with E-state index in [1.54, 1.807) is 11.8 Å². The first-order valence-corrected chi connectivity index (χ1v) is 8.75. The molecule has 5 heteroatoms. The molecule has 0 aromatic heterocycles. The van der Waals surface area contributed by atoms with Crippen molar-refractivity contribution in [2.24, 2.45) is 5.92 Å². The molecule has 4 nitrogen and oxygen atoms in total. The van der Waals surface area contributed by atoms with Crippen LogP contribution in [0, 0.1) is 5.92 Å². The molecule has 0 spiro atoms. The van der Waals surface area contributed by atoms with Gasteiger partial charge in [-0.1, -0.05) is 26.2 Å². The highest BCUT2D eigenvalue weighted by atomic mass is 32.2. The van der Waals surface area contributed by atoms with Gasteiger partial charge in [0.2, 0.25) is 0 Å². The zero-order valence-corrected chi connectivity index (χ0v) is 13.0. The van der Waals surface area contributed by atoms with Gasteiger partial charge in [0.05, 0.1) is 0 Å². The average molecular weight is 288 g/mol. The molecule has 0 saturated heterocycles. The van der Waals surface area contributed by atoms with Crippen LogP contribution in [0.4, 0.5) is 4.79 Å². The number of aliphatic hydroxyl groups excluding tert-OH is 1. The Balaban J connectivity index is 2.32. The third-order valence-electron chi connectivity index (χ3n) is 3.88. The van der Waals surface area contributed by atoms with Gasteiger partial charge in [-0.25, -0.2) is 4.79 Å². The fourth-order valence-electron chi connectivity index (χ4n) is 2.76. The molecular formula is C14H28N2O2S. The molecule has 0 aliphatic heterocycles. The first-order chi connectivity index (χ1) is 9.19. The van der Waals surface area contributed by atoms with Crippen LogP contribution in [0.5, 0.6) is 0 Å². The predicted molar refractivity (Wildman–Crippen MR) is 81.6 cm³/mol. The number of carbonyl (C=O) groups excluding carboxylic acids is 1. The molecule has 2 amide bonds. The molecule has 19 heavy (non-hydrogen) atoms. The van der Waals surface area contributed by atoms with Gasteiger partial charge in [-0.3, -0.25) is 0 Å². The highest BCUT2D eigenvalue weighted by Crippen LogP contribution is 2.26. The maximum Gasteiger partial charge on any atom is 0.315 e. The molecule has 1 rings (SSSR count). The fraction of sp³-hybridized carbons (Fsp3) is 0.929. The Morgan fingerprint density at radius 3 is 2.89 bits per heavy atom. The lowest BCUT2D eigenvalue weighted by Crippen LogP contribution is -2.48. The average Bonchev–Trinajstić information content (AvgIpc) is 2.39. The lowest BCUT2D eigenvalue weighted by atomic mass is 9.84. The smallest absolute Gasteiger partial charge is 0.315 e. The van der Waals surface area contributed by atoms with E-state index in [-0.39, 0.29) is 18.7 Å². The number of urea groups is 1. The van der Waals surface area contributed by atoms with Crippen LogP contribution >= 0.6 is 11.8 Å². The summed E-state index contributed by atoms with van der Waals surface area (Å²) >= 11 is 1.69. The number of nitrogens with one attached hydrogen (secondary N) is 2. The summed E-state index contributed by atoms with van der Waals surface area (Å²) in [6, 6.07) is 0.308. The van der Waals surface area contributed by atoms with E-state index in [9.17, 15) is 4.79 Å². The molecule has 0 aromatic rings. The predicted octanol–water partition coefficient (Wildman–Crippen LogP) is 2.37. The lowest BCUT2D eigenvalue weighted by Gasteiger charge is -2.29. The number of aliphatic hydroxyl groups is 1. The van der Waals surface area contributed by atoms with Gasteiger partial charge in [0.15, 0.2) is 0 Å². The first-order valence-electron chi connectivity index (χ1n) is 7.36. The van der Waals surface area contributed by atoms with Gasteiger partial charge in [0, 0.05) is 24.4 Å². The van der Waals surface area contributed by atoms with Gasteiger partial charge in [-0.05, 0) is 31.4 Å². The van der Waals surface area contributed by atoms with Crippen molar-refractivity contribution in [3.05, 3.63) is 0 Å². The van der Waals surface area contributed by atoms with Crippen LogP contribution in [0.25, 0.3) is 0 Å². The molecule has 112 valence electrons. The highest BCUT2D eigenvalue weighted by molar-refractivity contribution is 7.98. The van der Waals surface area contributed by atoms with Crippen LogP contribution in [0.1, 0.15) is 45.4 Å². The van der Waals surface area contributed by atoms with Crippen molar-refractivity contribution in [2.75, 3.05) is 18.6 Å². The van der Waals surface area contributed by atoms with Gasteiger partial charge in [0.1, 0.15) is 0 Å². The van der Waals surface area contributed by atoms with E-state index < -0.39 is 0 Å². The maximum absolute atomic E-state index is 12.0. The van der Waals surface area contributed by atoms with Gasteiger partial charge >= 0.3 is 6.03 Å². The van der Waals surface area contributed by atoms with E-state index in [1.165, 1.54) is 19.3 Å². The van der Waals surface area contributed by atoms with Crippen LogP contribution in [-0.2, 0) is 0 Å². The maximum atomic E-state index is 12.0. The summed E-state index contributed by atoms with van der Waals surface area (Å²) in [5, 5.41) is 15.0. The van der Waals surface area contributed by atoms with Crippen LogP contribution < -0.4 is 10.6 Å². The fourth-order valence-corrected chi connectivity index (χ4v) is 3.41. The summed E-state index contributed by atoms with van der Waals surface area (Å²) in [5.74, 6) is 1.61. The minimum absolute atomic E-state index is 0.0607. The molecule has 1 aliphatic carbocycles. The number of carbonyl (C=O) groups is 1. The Labute approximate surface area is 121 Å². The summed E-state index contributed by atoms with van der Waals surface area (Å²) in [6.07, 6.45) is 8.56. The SMILES string of the molecule is CCC1CCCC(NC(=O)NC(CCO)CSC)C1. The molecular weight excluding hydrogens is 260 g/mol. The summed E-state index contributed by atoms with van der Waals surface area (Å²) < 4.78 is 0. The zero-order valence-electron chi connectivity index (χ0n) is 12.2. The lowest BCUT2D eigenvalue weighted by molar-refractivity contribution is 0.217. The van der Waals surface area contributed by atoms with Crippen molar-refractivity contribution in [1.29, 1.82) is 0 Å². The molecule has 1 saturated carbocycles. The number of rotatable bonds is 7. The zero-order chi connectivity index (χ0) is 14.1. The monoisotopic (exact) mass is 288 g/mol. The molecule has 3 N–H and O–H groups in total. The second kappa shape index (κ2) is 9.48. The minimum atomic E-state index is -0.0748. The van der Waals surface area contributed by atoms with Crippen molar-refractivity contribution >= 4 is 17.8 Å². The molecule has 1 aliphatic rings. The standard InChI is InChI=1S/C14H28N2O2S/c1-3-11-5-4-6-12(9-11)15-14(18)16-13(7-8-17)10-19-2/h11-13,17H,3-10H2,1-2H3,(H2,15,16,18). The highest BCUT2D eigenvalue weighted by Gasteiger charge is 2.22. The molecule has 1 fully saturated rings. The summed E-state index contributed by atoms with van der Waals surface area (Å²) in [7, 11) is 0. The Kier molecular flexibility index (Phi) is 8.30. The first kappa shape index (κ1) is 16.6. The van der Waals surface area contributed by atoms with Gasteiger partial charge in [-0.15, -0.1) is 0 Å². The van der Waals surface area contributed by atoms with E-state index in [1.807, 2.05) is 6.26 Å². The largest absolute Gasteiger partial charge is 0.396 e. The van der Waals surface area contributed by atoms with Crippen molar-refractivity contribution in [3.63, 3.8) is 0 Å². The van der Waals surface area contributed by atoms with E-state index in [0.29, 0.717) is 12.5 Å². The molecule has 3 unspecified atom stereocenters. The minimum Gasteiger partial charge on any atom is -0.396 e. The molecule has 0 aromatic carbocycles. The second-order valence-electron chi connectivity index (χ2n) is 5.42. The summed E-state index contributed by atoms with van der Waals surface area (Å²) in [5.41, 5.74) is 0. The third kappa shape index (κ3) is 6.52. The summed E-state index contributed by atoms with van der Waals surface area (Å²) in [4.78, 5) is 12.0. The Hall–Kier alpha value is -0.420. The third-order valence-corrected chi connectivity index (χ3v) is 4.61. The van der Waals surface area contributed by atoms with Gasteiger partial charge < -0.3 is 15.7 Å². The van der Waals surface area contributed by atoms with Crippen LogP contribution in [0.3, 0.4) is 0 Å². The number of hydrogen-bond acceptors (Lipinski definition) is 3. The Morgan fingerprint density at radius 2 is 2.26 bits per heavy atom. The quantitative estimate of drug-likeness (QED) is 0.674. The number of hydrogen-bond donors (Lipinski definition) is 3. The topological polar surface area (TPSA) is 61.4 Å². The van der Waals surface area contributed by atoms with E-state index in [2.05, 4.69) is 17.6 Å². The van der Waals surface area contributed by atoms with E-state index >= 15 is 0 Å². The van der Waals surface area contributed by atoms with Crippen molar-refractivity contribution < 1.29 is 9.90 Å². The van der Waals surface area contributed by atoms with Crippen LogP contribution in [0.2, 0.25) is 0 Å². The molecule has 0 bridgehead atoms. The van der Waals surface area contributed by atoms with Gasteiger partial charge in [-0.2, -0.15) is 11.8 Å². The van der Waals surface area contributed by atoms with E-state index in [0.717, 1.165) is 24.5 Å². The summed E-state index contributed by atoms with van der Waals surface area (Å²) in [6.45, 7) is 2.34. The van der Waals surface area contributed by atoms with Crippen molar-refractivity contribution in [2.45, 2.75) is 57.5 Å². The van der Waals surface area contributed by atoms with Crippen LogP contribution in [-0.4, -0.2) is 41.8 Å². The number of amides is 2.